The zero-order valence-corrected chi connectivity index (χ0v) is 10.8. The van der Waals surface area contributed by atoms with E-state index in [1.165, 1.54) is 24.0 Å². The van der Waals surface area contributed by atoms with Crippen LogP contribution in [0.4, 0.5) is 0 Å². The summed E-state index contributed by atoms with van der Waals surface area (Å²) in [7, 11) is 0. The third kappa shape index (κ3) is 1.95. The van der Waals surface area contributed by atoms with Gasteiger partial charge in [0.25, 0.3) is 0 Å². The molecular formula is C15H22O. The van der Waals surface area contributed by atoms with Gasteiger partial charge < -0.3 is 5.11 Å². The van der Waals surface area contributed by atoms with Gasteiger partial charge >= 0.3 is 0 Å². The first kappa shape index (κ1) is 11.5. The Bertz CT molecular complexity index is 399. The molecule has 1 aromatic rings. The Balaban J connectivity index is 2.33. The predicted molar refractivity (Wildman–Crippen MR) is 67.8 cm³/mol. The van der Waals surface area contributed by atoms with Crippen molar-refractivity contribution in [1.82, 2.24) is 0 Å². The Morgan fingerprint density at radius 2 is 1.94 bits per heavy atom. The first-order chi connectivity index (χ1) is 7.39. The van der Waals surface area contributed by atoms with Gasteiger partial charge in [0.15, 0.2) is 0 Å². The van der Waals surface area contributed by atoms with Crippen molar-refractivity contribution < 1.29 is 5.11 Å². The van der Waals surface area contributed by atoms with Gasteiger partial charge in [-0.2, -0.15) is 0 Å². The SMILES string of the molecule is Cc1c(O)ccc2c1CCC(C(C)(C)C)C2. The Morgan fingerprint density at radius 1 is 1.25 bits per heavy atom. The molecule has 16 heavy (non-hydrogen) atoms. The van der Waals surface area contributed by atoms with Crippen LogP contribution >= 0.6 is 0 Å². The Morgan fingerprint density at radius 3 is 2.56 bits per heavy atom. The molecule has 0 saturated carbocycles. The van der Waals surface area contributed by atoms with Gasteiger partial charge in [0.2, 0.25) is 0 Å². The highest BCUT2D eigenvalue weighted by atomic mass is 16.3. The van der Waals surface area contributed by atoms with Gasteiger partial charge in [0.05, 0.1) is 0 Å². The van der Waals surface area contributed by atoms with Crippen molar-refractivity contribution in [1.29, 1.82) is 0 Å². The van der Waals surface area contributed by atoms with Crippen molar-refractivity contribution in [2.24, 2.45) is 11.3 Å². The van der Waals surface area contributed by atoms with Crippen LogP contribution < -0.4 is 0 Å². The first-order valence-corrected chi connectivity index (χ1v) is 6.20. The normalized spacial score (nSPS) is 20.6. The van der Waals surface area contributed by atoms with Crippen molar-refractivity contribution >= 4 is 0 Å². The van der Waals surface area contributed by atoms with E-state index in [1.807, 2.05) is 13.0 Å². The van der Waals surface area contributed by atoms with Gasteiger partial charge in [-0.05, 0) is 60.3 Å². The molecule has 0 bridgehead atoms. The quantitative estimate of drug-likeness (QED) is 0.701. The first-order valence-electron chi connectivity index (χ1n) is 6.20. The lowest BCUT2D eigenvalue weighted by atomic mass is 9.70. The van der Waals surface area contributed by atoms with E-state index in [0.29, 0.717) is 11.2 Å². The average molecular weight is 218 g/mol. The topological polar surface area (TPSA) is 20.2 Å². The lowest BCUT2D eigenvalue weighted by Gasteiger charge is -2.35. The number of fused-ring (bicyclic) bond motifs is 1. The van der Waals surface area contributed by atoms with Crippen LogP contribution in [0.3, 0.4) is 0 Å². The van der Waals surface area contributed by atoms with Gasteiger partial charge in [-0.25, -0.2) is 0 Å². The van der Waals surface area contributed by atoms with Crippen LogP contribution in [0.5, 0.6) is 5.75 Å². The van der Waals surface area contributed by atoms with E-state index in [4.69, 9.17) is 0 Å². The fourth-order valence-corrected chi connectivity index (χ4v) is 2.77. The molecule has 1 nitrogen and oxygen atoms in total. The molecule has 1 N–H and O–H groups in total. The van der Waals surface area contributed by atoms with Crippen molar-refractivity contribution in [2.45, 2.75) is 47.0 Å². The minimum Gasteiger partial charge on any atom is -0.508 e. The molecule has 1 aliphatic rings. The van der Waals surface area contributed by atoms with E-state index in [9.17, 15) is 5.11 Å². The van der Waals surface area contributed by atoms with Gasteiger partial charge in [0.1, 0.15) is 5.75 Å². The lowest BCUT2D eigenvalue weighted by Crippen LogP contribution is -2.27. The molecule has 2 rings (SSSR count). The third-order valence-corrected chi connectivity index (χ3v) is 4.10. The second-order valence-electron chi connectivity index (χ2n) is 6.15. The van der Waals surface area contributed by atoms with E-state index in [1.54, 1.807) is 0 Å². The predicted octanol–water partition coefficient (Wildman–Crippen LogP) is 3.85. The standard InChI is InChI=1S/C15H22O/c1-10-13-7-6-12(15(2,3)4)9-11(13)5-8-14(10)16/h5,8,12,16H,6-7,9H2,1-4H3. The number of rotatable bonds is 0. The summed E-state index contributed by atoms with van der Waals surface area (Å²) < 4.78 is 0. The van der Waals surface area contributed by atoms with Crippen LogP contribution in [0, 0.1) is 18.3 Å². The van der Waals surface area contributed by atoms with Crippen LogP contribution in [0.1, 0.15) is 43.9 Å². The second-order valence-corrected chi connectivity index (χ2v) is 6.15. The van der Waals surface area contributed by atoms with Crippen LogP contribution in [0.15, 0.2) is 12.1 Å². The molecule has 1 aliphatic carbocycles. The maximum Gasteiger partial charge on any atom is 0.118 e. The Hall–Kier alpha value is -0.980. The fourth-order valence-electron chi connectivity index (χ4n) is 2.77. The van der Waals surface area contributed by atoms with Crippen molar-refractivity contribution in [3.63, 3.8) is 0 Å². The molecule has 0 saturated heterocycles. The lowest BCUT2D eigenvalue weighted by molar-refractivity contribution is 0.215. The summed E-state index contributed by atoms with van der Waals surface area (Å²) in [5.41, 5.74) is 4.32. The molecule has 1 unspecified atom stereocenters. The molecular weight excluding hydrogens is 196 g/mol. The average Bonchev–Trinajstić information content (AvgIpc) is 2.22. The second kappa shape index (κ2) is 3.80. The van der Waals surface area contributed by atoms with Crippen LogP contribution in [-0.4, -0.2) is 5.11 Å². The molecule has 0 heterocycles. The van der Waals surface area contributed by atoms with Gasteiger partial charge in [-0.15, -0.1) is 0 Å². The highest BCUT2D eigenvalue weighted by Gasteiger charge is 2.29. The highest BCUT2D eigenvalue weighted by molar-refractivity contribution is 5.44. The minimum atomic E-state index is 0.392. The van der Waals surface area contributed by atoms with E-state index >= 15 is 0 Å². The summed E-state index contributed by atoms with van der Waals surface area (Å²) in [6.07, 6.45) is 3.54. The third-order valence-electron chi connectivity index (χ3n) is 4.10. The molecule has 0 radical (unpaired) electrons. The molecule has 1 heteroatoms. The minimum absolute atomic E-state index is 0.392. The number of benzene rings is 1. The monoisotopic (exact) mass is 218 g/mol. The molecule has 0 spiro atoms. The number of hydrogen-bond acceptors (Lipinski definition) is 1. The van der Waals surface area contributed by atoms with Gasteiger partial charge in [0, 0.05) is 0 Å². The van der Waals surface area contributed by atoms with Crippen molar-refractivity contribution in [2.75, 3.05) is 0 Å². The number of aromatic hydroxyl groups is 1. The Kier molecular flexibility index (Phi) is 2.73. The zero-order chi connectivity index (χ0) is 11.9. The molecule has 1 aromatic carbocycles. The fraction of sp³-hybridized carbons (Fsp3) is 0.600. The molecule has 0 amide bonds. The highest BCUT2D eigenvalue weighted by Crippen LogP contribution is 2.39. The smallest absolute Gasteiger partial charge is 0.118 e. The zero-order valence-electron chi connectivity index (χ0n) is 10.8. The van der Waals surface area contributed by atoms with Crippen LogP contribution in [0.2, 0.25) is 0 Å². The molecule has 0 aliphatic heterocycles. The van der Waals surface area contributed by atoms with Crippen molar-refractivity contribution in [3.8, 4) is 5.75 Å². The van der Waals surface area contributed by atoms with E-state index in [0.717, 1.165) is 17.9 Å². The summed E-state index contributed by atoms with van der Waals surface area (Å²) in [4.78, 5) is 0. The number of hydrogen-bond donors (Lipinski definition) is 1. The summed E-state index contributed by atoms with van der Waals surface area (Å²) >= 11 is 0. The molecule has 0 fully saturated rings. The molecule has 88 valence electrons. The molecule has 0 aromatic heterocycles. The summed E-state index contributed by atoms with van der Waals surface area (Å²) in [5, 5.41) is 9.70. The van der Waals surface area contributed by atoms with Gasteiger partial charge in [-0.1, -0.05) is 26.8 Å². The number of phenolic OH excluding ortho intramolecular Hbond substituents is 1. The van der Waals surface area contributed by atoms with Crippen LogP contribution in [0.25, 0.3) is 0 Å². The largest absolute Gasteiger partial charge is 0.508 e. The summed E-state index contributed by atoms with van der Waals surface area (Å²) in [6.45, 7) is 9.02. The van der Waals surface area contributed by atoms with E-state index < -0.39 is 0 Å². The summed E-state index contributed by atoms with van der Waals surface area (Å²) in [6, 6.07) is 3.95. The maximum absolute atomic E-state index is 9.70. The van der Waals surface area contributed by atoms with Gasteiger partial charge in [-0.3, -0.25) is 0 Å². The summed E-state index contributed by atoms with van der Waals surface area (Å²) in [5.74, 6) is 1.22. The van der Waals surface area contributed by atoms with Crippen molar-refractivity contribution in [3.05, 3.63) is 28.8 Å². The Labute approximate surface area is 98.5 Å². The molecule has 1 atom stereocenters. The number of phenols is 1. The maximum atomic E-state index is 9.70. The van der Waals surface area contributed by atoms with E-state index in [-0.39, 0.29) is 0 Å². The van der Waals surface area contributed by atoms with E-state index in [2.05, 4.69) is 26.8 Å². The van der Waals surface area contributed by atoms with Crippen LogP contribution in [-0.2, 0) is 12.8 Å².